The molecule has 1 aliphatic rings. The SMILES string of the molecule is COc1ccc(S(=O)(=O)N2CCC[C@@H]2c2c(C)noc2C)cc1Cl. The second-order valence-corrected chi connectivity index (χ2v) is 8.11. The number of methoxy groups -OCH3 is 1. The number of halogens is 1. The van der Waals surface area contributed by atoms with Crippen LogP contribution in [0.3, 0.4) is 0 Å². The van der Waals surface area contributed by atoms with Crippen molar-refractivity contribution in [2.75, 3.05) is 13.7 Å². The summed E-state index contributed by atoms with van der Waals surface area (Å²) in [6, 6.07) is 4.25. The molecule has 0 amide bonds. The minimum atomic E-state index is -3.67. The van der Waals surface area contributed by atoms with E-state index in [0.29, 0.717) is 18.1 Å². The van der Waals surface area contributed by atoms with E-state index in [4.69, 9.17) is 20.9 Å². The van der Waals surface area contributed by atoms with Gasteiger partial charge in [0.25, 0.3) is 0 Å². The molecule has 1 fully saturated rings. The third kappa shape index (κ3) is 2.81. The van der Waals surface area contributed by atoms with Crippen LogP contribution in [0.4, 0.5) is 0 Å². The molecule has 1 saturated heterocycles. The van der Waals surface area contributed by atoms with Crippen LogP contribution in [0.25, 0.3) is 0 Å². The summed E-state index contributed by atoms with van der Waals surface area (Å²) in [5.41, 5.74) is 1.59. The first-order chi connectivity index (χ1) is 11.4. The van der Waals surface area contributed by atoms with Gasteiger partial charge in [-0.05, 0) is 44.9 Å². The monoisotopic (exact) mass is 370 g/mol. The fourth-order valence-corrected chi connectivity index (χ4v) is 5.24. The molecule has 0 radical (unpaired) electrons. The van der Waals surface area contributed by atoms with Crippen molar-refractivity contribution < 1.29 is 17.7 Å². The van der Waals surface area contributed by atoms with E-state index in [2.05, 4.69) is 5.16 Å². The molecule has 3 rings (SSSR count). The van der Waals surface area contributed by atoms with Crippen LogP contribution in [-0.4, -0.2) is 31.5 Å². The minimum absolute atomic E-state index is 0.159. The average Bonchev–Trinajstić information content (AvgIpc) is 3.14. The molecular weight excluding hydrogens is 352 g/mol. The second-order valence-electron chi connectivity index (χ2n) is 5.81. The summed E-state index contributed by atoms with van der Waals surface area (Å²) < 4.78 is 38.0. The fraction of sp³-hybridized carbons (Fsp3) is 0.438. The second kappa shape index (κ2) is 6.38. The Hall–Kier alpha value is -1.57. The first-order valence-electron chi connectivity index (χ1n) is 7.64. The van der Waals surface area contributed by atoms with E-state index in [-0.39, 0.29) is 16.0 Å². The first kappa shape index (κ1) is 17.3. The van der Waals surface area contributed by atoms with Gasteiger partial charge in [0.05, 0.1) is 28.8 Å². The van der Waals surface area contributed by atoms with Gasteiger partial charge in [-0.25, -0.2) is 8.42 Å². The molecule has 1 aromatic heterocycles. The molecule has 24 heavy (non-hydrogen) atoms. The van der Waals surface area contributed by atoms with Crippen molar-refractivity contribution in [1.29, 1.82) is 0 Å². The van der Waals surface area contributed by atoms with E-state index in [1.807, 2.05) is 13.8 Å². The lowest BCUT2D eigenvalue weighted by atomic mass is 10.0. The Bertz CT molecular complexity index is 843. The quantitative estimate of drug-likeness (QED) is 0.823. The highest BCUT2D eigenvalue weighted by Gasteiger charge is 2.39. The Balaban J connectivity index is 2.01. The predicted molar refractivity (Wildman–Crippen MR) is 89.8 cm³/mol. The Kier molecular flexibility index (Phi) is 4.59. The summed E-state index contributed by atoms with van der Waals surface area (Å²) in [6.45, 7) is 4.10. The van der Waals surface area contributed by atoms with Gasteiger partial charge >= 0.3 is 0 Å². The zero-order valence-corrected chi connectivity index (χ0v) is 15.3. The van der Waals surface area contributed by atoms with E-state index in [0.717, 1.165) is 24.1 Å². The molecule has 1 aliphatic heterocycles. The Morgan fingerprint density at radius 1 is 1.38 bits per heavy atom. The van der Waals surface area contributed by atoms with E-state index in [9.17, 15) is 8.42 Å². The number of rotatable bonds is 4. The van der Waals surface area contributed by atoms with Gasteiger partial charge in [0.1, 0.15) is 11.5 Å². The van der Waals surface area contributed by atoms with Gasteiger partial charge in [0.15, 0.2) is 0 Å². The largest absolute Gasteiger partial charge is 0.495 e. The van der Waals surface area contributed by atoms with Crippen LogP contribution in [0, 0.1) is 13.8 Å². The zero-order valence-electron chi connectivity index (χ0n) is 13.7. The summed E-state index contributed by atoms with van der Waals surface area (Å²) in [6.07, 6.45) is 1.53. The third-order valence-corrected chi connectivity index (χ3v) is 6.55. The summed E-state index contributed by atoms with van der Waals surface area (Å²) in [4.78, 5) is 0.159. The van der Waals surface area contributed by atoms with Crippen molar-refractivity contribution in [3.63, 3.8) is 0 Å². The lowest BCUT2D eigenvalue weighted by molar-refractivity contribution is 0.376. The van der Waals surface area contributed by atoms with Crippen molar-refractivity contribution in [1.82, 2.24) is 9.46 Å². The van der Waals surface area contributed by atoms with Gasteiger partial charge in [-0.15, -0.1) is 0 Å². The van der Waals surface area contributed by atoms with Crippen molar-refractivity contribution in [3.8, 4) is 5.75 Å². The van der Waals surface area contributed by atoms with Crippen LogP contribution in [0.5, 0.6) is 5.75 Å². The molecule has 2 aromatic rings. The van der Waals surface area contributed by atoms with Crippen LogP contribution < -0.4 is 4.74 Å². The average molecular weight is 371 g/mol. The van der Waals surface area contributed by atoms with Gasteiger partial charge in [-0.2, -0.15) is 4.31 Å². The number of ether oxygens (including phenoxy) is 1. The molecule has 0 spiro atoms. The molecule has 2 heterocycles. The molecule has 0 bridgehead atoms. The number of sulfonamides is 1. The van der Waals surface area contributed by atoms with Crippen LogP contribution in [0.2, 0.25) is 5.02 Å². The van der Waals surface area contributed by atoms with E-state index < -0.39 is 10.0 Å². The molecule has 0 N–H and O–H groups in total. The predicted octanol–water partition coefficient (Wildman–Crippen LogP) is 3.48. The molecule has 0 aliphatic carbocycles. The summed E-state index contributed by atoms with van der Waals surface area (Å²) in [5, 5.41) is 4.22. The topological polar surface area (TPSA) is 72.6 Å². The minimum Gasteiger partial charge on any atom is -0.495 e. The lowest BCUT2D eigenvalue weighted by Gasteiger charge is -2.24. The highest BCUT2D eigenvalue weighted by atomic mass is 35.5. The molecule has 6 nitrogen and oxygen atoms in total. The Morgan fingerprint density at radius 3 is 2.71 bits per heavy atom. The highest BCUT2D eigenvalue weighted by molar-refractivity contribution is 7.89. The molecule has 0 unspecified atom stereocenters. The summed E-state index contributed by atoms with van der Waals surface area (Å²) >= 11 is 6.10. The molecular formula is C16H19ClN2O4S. The van der Waals surface area contributed by atoms with Gasteiger partial charge < -0.3 is 9.26 Å². The lowest BCUT2D eigenvalue weighted by Crippen LogP contribution is -2.31. The summed E-state index contributed by atoms with van der Waals surface area (Å²) in [5.74, 6) is 1.10. The molecule has 1 atom stereocenters. The first-order valence-corrected chi connectivity index (χ1v) is 9.46. The molecule has 1 aromatic carbocycles. The molecule has 130 valence electrons. The van der Waals surface area contributed by atoms with Crippen LogP contribution in [0.1, 0.15) is 35.9 Å². The van der Waals surface area contributed by atoms with Gasteiger partial charge in [-0.1, -0.05) is 16.8 Å². The number of benzene rings is 1. The number of hydrogen-bond donors (Lipinski definition) is 0. The van der Waals surface area contributed by atoms with E-state index in [1.165, 1.54) is 23.5 Å². The van der Waals surface area contributed by atoms with E-state index in [1.54, 1.807) is 6.07 Å². The maximum absolute atomic E-state index is 13.1. The third-order valence-electron chi connectivity index (χ3n) is 4.36. The number of aromatic nitrogens is 1. The van der Waals surface area contributed by atoms with Crippen molar-refractivity contribution in [2.45, 2.75) is 37.6 Å². The maximum atomic E-state index is 13.1. The van der Waals surface area contributed by atoms with Gasteiger partial charge in [0, 0.05) is 12.1 Å². The van der Waals surface area contributed by atoms with Crippen molar-refractivity contribution in [2.24, 2.45) is 0 Å². The standard InChI is InChI=1S/C16H19ClN2O4S/c1-10-16(11(2)23-18-10)14-5-4-8-19(14)24(20,21)12-6-7-15(22-3)13(17)9-12/h6-7,9,14H,4-5,8H2,1-3H3/t14-/m1/s1. The van der Waals surface area contributed by atoms with Gasteiger partial charge in [-0.3, -0.25) is 0 Å². The van der Waals surface area contributed by atoms with Crippen LogP contribution >= 0.6 is 11.6 Å². The molecule has 8 heteroatoms. The maximum Gasteiger partial charge on any atom is 0.243 e. The normalized spacial score (nSPS) is 18.9. The Morgan fingerprint density at radius 2 is 2.12 bits per heavy atom. The highest BCUT2D eigenvalue weighted by Crippen LogP contribution is 2.40. The smallest absolute Gasteiger partial charge is 0.243 e. The number of aryl methyl sites for hydroxylation is 2. The fourth-order valence-electron chi connectivity index (χ4n) is 3.23. The van der Waals surface area contributed by atoms with Crippen molar-refractivity contribution in [3.05, 3.63) is 40.2 Å². The molecule has 0 saturated carbocycles. The van der Waals surface area contributed by atoms with Crippen molar-refractivity contribution >= 4 is 21.6 Å². The Labute approximate surface area is 146 Å². The summed E-state index contributed by atoms with van der Waals surface area (Å²) in [7, 11) is -2.18. The van der Waals surface area contributed by atoms with Crippen LogP contribution in [0.15, 0.2) is 27.6 Å². The number of hydrogen-bond acceptors (Lipinski definition) is 5. The van der Waals surface area contributed by atoms with E-state index >= 15 is 0 Å². The number of nitrogens with zero attached hydrogens (tertiary/aromatic N) is 2. The van der Waals surface area contributed by atoms with Gasteiger partial charge in [0.2, 0.25) is 10.0 Å². The van der Waals surface area contributed by atoms with Crippen LogP contribution in [-0.2, 0) is 10.0 Å². The zero-order chi connectivity index (χ0) is 17.5.